The number of H-pyrrole nitrogens is 1. The van der Waals surface area contributed by atoms with E-state index in [1.54, 1.807) is 6.26 Å². The van der Waals surface area contributed by atoms with Crippen LogP contribution in [0.2, 0.25) is 0 Å². The molecule has 2 heterocycles. The third-order valence-corrected chi connectivity index (χ3v) is 3.72. The molecule has 12 heteroatoms. The summed E-state index contributed by atoms with van der Waals surface area (Å²) in [4.78, 5) is 17.7. The lowest BCUT2D eigenvalue weighted by Gasteiger charge is -2.11. The van der Waals surface area contributed by atoms with Gasteiger partial charge in [0.2, 0.25) is 5.95 Å². The molecule has 0 amide bonds. The molecule has 25 heavy (non-hydrogen) atoms. The van der Waals surface area contributed by atoms with E-state index >= 15 is 0 Å². The van der Waals surface area contributed by atoms with Gasteiger partial charge in [0, 0.05) is 6.07 Å². The number of halogens is 3. The molecule has 0 spiro atoms. The fraction of sp³-hybridized carbons (Fsp3) is 0.154. The molecule has 0 radical (unpaired) electrons. The quantitative estimate of drug-likeness (QED) is 0.533. The summed E-state index contributed by atoms with van der Waals surface area (Å²) < 4.78 is 47.2. The molecule has 3 aromatic rings. The average Bonchev–Trinajstić information content (AvgIpc) is 3.10. The van der Waals surface area contributed by atoms with Crippen LogP contribution in [0.5, 0.6) is 11.5 Å². The zero-order chi connectivity index (χ0) is 18.2. The lowest BCUT2D eigenvalue weighted by Crippen LogP contribution is -2.17. The van der Waals surface area contributed by atoms with Gasteiger partial charge in [-0.1, -0.05) is 0 Å². The summed E-state index contributed by atoms with van der Waals surface area (Å²) in [5.74, 6) is -0.205. The SMILES string of the molecule is CSc1cc2nc(-n3cc(OC(=O)O)cn3)[nH]c2cc1OC(F)(F)F. The van der Waals surface area contributed by atoms with Crippen LogP contribution in [0.1, 0.15) is 0 Å². The summed E-state index contributed by atoms with van der Waals surface area (Å²) in [6, 6.07) is 2.63. The van der Waals surface area contributed by atoms with Crippen molar-refractivity contribution in [2.45, 2.75) is 11.3 Å². The molecular formula is C13H9F3N4O4S. The van der Waals surface area contributed by atoms with Gasteiger partial charge >= 0.3 is 12.5 Å². The van der Waals surface area contributed by atoms with E-state index in [2.05, 4.69) is 24.5 Å². The summed E-state index contributed by atoms with van der Waals surface area (Å²) in [6.45, 7) is 0. The van der Waals surface area contributed by atoms with Crippen LogP contribution in [-0.2, 0) is 0 Å². The van der Waals surface area contributed by atoms with Gasteiger partial charge in [0.05, 0.1) is 28.3 Å². The molecule has 0 bridgehead atoms. The van der Waals surface area contributed by atoms with E-state index in [0.717, 1.165) is 18.0 Å². The second-order valence-electron chi connectivity index (χ2n) is 4.62. The van der Waals surface area contributed by atoms with Crippen LogP contribution in [0.25, 0.3) is 17.0 Å². The zero-order valence-electron chi connectivity index (χ0n) is 12.4. The standard InChI is InChI=1S/C13H9F3N4O4S/c1-25-10-3-8-7(2-9(10)24-13(14,15)16)18-11(19-8)20-5-6(4-17-20)23-12(21)22/h2-5H,1H3,(H,18,19)(H,21,22). The maximum absolute atomic E-state index is 12.5. The first-order chi connectivity index (χ1) is 11.7. The lowest BCUT2D eigenvalue weighted by atomic mass is 10.3. The second kappa shape index (κ2) is 6.20. The van der Waals surface area contributed by atoms with Gasteiger partial charge in [0.15, 0.2) is 5.75 Å². The van der Waals surface area contributed by atoms with E-state index in [9.17, 15) is 18.0 Å². The molecule has 2 N–H and O–H groups in total. The Morgan fingerprint density at radius 2 is 2.16 bits per heavy atom. The Labute approximate surface area is 141 Å². The molecule has 1 aromatic carbocycles. The highest BCUT2D eigenvalue weighted by Crippen LogP contribution is 2.35. The number of carboxylic acid groups (broad SMARTS) is 1. The van der Waals surface area contributed by atoms with Crippen molar-refractivity contribution in [3.05, 3.63) is 24.5 Å². The van der Waals surface area contributed by atoms with Gasteiger partial charge in [-0.15, -0.1) is 24.9 Å². The second-order valence-corrected chi connectivity index (χ2v) is 5.47. The van der Waals surface area contributed by atoms with Gasteiger partial charge in [-0.2, -0.15) is 5.10 Å². The minimum Gasteiger partial charge on any atom is -0.449 e. The summed E-state index contributed by atoms with van der Waals surface area (Å²) in [6.07, 6.45) is -2.28. The number of carbonyl (C=O) groups is 1. The molecule has 0 fully saturated rings. The van der Waals surface area contributed by atoms with Crippen molar-refractivity contribution in [3.63, 3.8) is 0 Å². The maximum atomic E-state index is 12.5. The monoisotopic (exact) mass is 374 g/mol. The Balaban J connectivity index is 1.99. The number of rotatable bonds is 4. The van der Waals surface area contributed by atoms with Gasteiger partial charge in [0.1, 0.15) is 5.75 Å². The van der Waals surface area contributed by atoms with Gasteiger partial charge < -0.3 is 19.6 Å². The molecule has 8 nitrogen and oxygen atoms in total. The van der Waals surface area contributed by atoms with E-state index in [1.165, 1.54) is 23.0 Å². The normalized spacial score (nSPS) is 11.7. The van der Waals surface area contributed by atoms with Crippen molar-refractivity contribution in [3.8, 4) is 17.4 Å². The van der Waals surface area contributed by atoms with Crippen molar-refractivity contribution in [2.24, 2.45) is 0 Å². The number of imidazole rings is 1. The molecular weight excluding hydrogens is 365 g/mol. The van der Waals surface area contributed by atoms with Crippen molar-refractivity contribution >= 4 is 29.0 Å². The van der Waals surface area contributed by atoms with Crippen LogP contribution in [0.4, 0.5) is 18.0 Å². The Kier molecular flexibility index (Phi) is 4.20. The van der Waals surface area contributed by atoms with E-state index < -0.39 is 12.5 Å². The summed E-state index contributed by atoms with van der Waals surface area (Å²) >= 11 is 1.08. The van der Waals surface area contributed by atoms with Gasteiger partial charge in [0.25, 0.3) is 0 Å². The van der Waals surface area contributed by atoms with E-state index in [0.29, 0.717) is 11.0 Å². The molecule has 0 aliphatic rings. The molecule has 3 rings (SSSR count). The molecule has 0 atom stereocenters. The fourth-order valence-corrected chi connectivity index (χ4v) is 2.58. The fourth-order valence-electron chi connectivity index (χ4n) is 2.05. The minimum absolute atomic E-state index is 0.0288. The minimum atomic E-state index is -4.81. The highest BCUT2D eigenvalue weighted by Gasteiger charge is 2.32. The predicted molar refractivity (Wildman–Crippen MR) is 80.3 cm³/mol. The molecule has 0 unspecified atom stereocenters. The number of benzene rings is 1. The number of alkyl halides is 3. The van der Waals surface area contributed by atoms with E-state index in [-0.39, 0.29) is 22.3 Å². The van der Waals surface area contributed by atoms with Gasteiger partial charge in [-0.3, -0.25) is 0 Å². The maximum Gasteiger partial charge on any atom is 0.573 e. The van der Waals surface area contributed by atoms with E-state index in [1.807, 2.05) is 0 Å². The molecule has 0 aliphatic carbocycles. The van der Waals surface area contributed by atoms with E-state index in [4.69, 9.17) is 5.11 Å². The third-order valence-electron chi connectivity index (χ3n) is 2.96. The van der Waals surface area contributed by atoms with Crippen LogP contribution in [0, 0.1) is 0 Å². The summed E-state index contributed by atoms with van der Waals surface area (Å²) in [5.41, 5.74) is 0.688. The highest BCUT2D eigenvalue weighted by molar-refractivity contribution is 7.98. The molecule has 0 aliphatic heterocycles. The first kappa shape index (κ1) is 17.0. The number of hydrogen-bond donors (Lipinski definition) is 2. The smallest absolute Gasteiger partial charge is 0.449 e. The van der Waals surface area contributed by atoms with Crippen molar-refractivity contribution in [2.75, 3.05) is 6.26 Å². The molecule has 132 valence electrons. The van der Waals surface area contributed by atoms with Crippen LogP contribution in [0.15, 0.2) is 29.4 Å². The predicted octanol–water partition coefficient (Wildman–Crippen LogP) is 3.43. The lowest BCUT2D eigenvalue weighted by molar-refractivity contribution is -0.275. The first-order valence-corrected chi connectivity index (χ1v) is 7.77. The summed E-state index contributed by atoms with van der Waals surface area (Å²) in [7, 11) is 0. The number of nitrogens with zero attached hydrogens (tertiary/aromatic N) is 3. The number of aromatic amines is 1. The van der Waals surface area contributed by atoms with Crippen molar-refractivity contribution in [1.82, 2.24) is 19.7 Å². The average molecular weight is 374 g/mol. The molecule has 2 aromatic heterocycles. The van der Waals surface area contributed by atoms with Crippen LogP contribution in [-0.4, -0.2) is 43.6 Å². The first-order valence-electron chi connectivity index (χ1n) is 6.54. The third kappa shape index (κ3) is 3.79. The van der Waals surface area contributed by atoms with Crippen LogP contribution >= 0.6 is 11.8 Å². The number of aromatic nitrogens is 4. The van der Waals surface area contributed by atoms with Crippen LogP contribution < -0.4 is 9.47 Å². The number of thioether (sulfide) groups is 1. The number of nitrogens with one attached hydrogen (secondary N) is 1. The number of fused-ring (bicyclic) bond motifs is 1. The summed E-state index contributed by atoms with van der Waals surface area (Å²) in [5, 5.41) is 12.4. The Bertz CT molecular complexity index is 937. The Morgan fingerprint density at radius 1 is 1.40 bits per heavy atom. The molecule has 0 saturated carbocycles. The Hall–Kier alpha value is -2.89. The number of ether oxygens (including phenoxy) is 2. The van der Waals surface area contributed by atoms with Gasteiger partial charge in [-0.25, -0.2) is 14.5 Å². The van der Waals surface area contributed by atoms with Crippen molar-refractivity contribution in [1.29, 1.82) is 0 Å². The molecule has 0 saturated heterocycles. The van der Waals surface area contributed by atoms with Gasteiger partial charge in [-0.05, 0) is 12.3 Å². The highest BCUT2D eigenvalue weighted by atomic mass is 32.2. The largest absolute Gasteiger partial charge is 0.573 e. The number of hydrogen-bond acceptors (Lipinski definition) is 6. The Morgan fingerprint density at radius 3 is 2.80 bits per heavy atom. The van der Waals surface area contributed by atoms with Crippen molar-refractivity contribution < 1.29 is 32.5 Å². The zero-order valence-corrected chi connectivity index (χ0v) is 13.2. The van der Waals surface area contributed by atoms with Crippen LogP contribution in [0.3, 0.4) is 0 Å². The topological polar surface area (TPSA) is 102 Å².